The molecule has 1 atom stereocenters. The Bertz CT molecular complexity index is 817. The average molecular weight is 370 g/mol. The summed E-state index contributed by atoms with van der Waals surface area (Å²) in [7, 11) is 0. The number of para-hydroxylation sites is 1. The summed E-state index contributed by atoms with van der Waals surface area (Å²) >= 11 is 6.81. The monoisotopic (exact) mass is 369 g/mol. The zero-order chi connectivity index (χ0) is 17.8. The Morgan fingerprint density at radius 2 is 1.84 bits per heavy atom. The number of nitrogens with zero attached hydrogens (tertiary/aromatic N) is 1. The zero-order valence-electron chi connectivity index (χ0n) is 14.1. The van der Waals surface area contributed by atoms with Gasteiger partial charge in [0.2, 0.25) is 0 Å². The molecular formula is C20H19NO2S2. The summed E-state index contributed by atoms with van der Waals surface area (Å²) in [5.74, 6) is 0.712. The van der Waals surface area contributed by atoms with Crippen molar-refractivity contribution >= 4 is 40.3 Å². The third-order valence-corrected chi connectivity index (χ3v) is 5.33. The van der Waals surface area contributed by atoms with Gasteiger partial charge >= 0.3 is 0 Å². The van der Waals surface area contributed by atoms with Gasteiger partial charge in [0.1, 0.15) is 10.1 Å². The maximum absolute atomic E-state index is 12.9. The minimum atomic E-state index is -0.0956. The summed E-state index contributed by atoms with van der Waals surface area (Å²) < 4.78 is 6.23. The highest BCUT2D eigenvalue weighted by Gasteiger charge is 2.36. The van der Waals surface area contributed by atoms with Gasteiger partial charge in [-0.05, 0) is 31.6 Å². The molecule has 1 aliphatic heterocycles. The Kier molecular flexibility index (Phi) is 5.56. The van der Waals surface area contributed by atoms with Crippen molar-refractivity contribution in [1.82, 2.24) is 4.90 Å². The minimum absolute atomic E-state index is 0.0577. The van der Waals surface area contributed by atoms with E-state index < -0.39 is 0 Å². The van der Waals surface area contributed by atoms with Crippen LogP contribution in [0.2, 0.25) is 0 Å². The van der Waals surface area contributed by atoms with Gasteiger partial charge in [0, 0.05) is 5.56 Å². The molecule has 0 bridgehead atoms. The number of carbonyl (C=O) groups is 1. The number of carbonyl (C=O) groups excluding carboxylic acids is 1. The first-order valence-electron chi connectivity index (χ1n) is 8.15. The van der Waals surface area contributed by atoms with Crippen LogP contribution in [0.5, 0.6) is 5.75 Å². The smallest absolute Gasteiger partial charge is 0.266 e. The molecule has 2 aromatic carbocycles. The van der Waals surface area contributed by atoms with E-state index in [4.69, 9.17) is 17.0 Å². The summed E-state index contributed by atoms with van der Waals surface area (Å²) in [4.78, 5) is 15.2. The number of amides is 1. The Morgan fingerprint density at radius 1 is 1.16 bits per heavy atom. The van der Waals surface area contributed by atoms with Gasteiger partial charge in [0.05, 0.1) is 17.6 Å². The van der Waals surface area contributed by atoms with E-state index in [-0.39, 0.29) is 11.9 Å². The van der Waals surface area contributed by atoms with Gasteiger partial charge < -0.3 is 4.74 Å². The summed E-state index contributed by atoms with van der Waals surface area (Å²) in [5.41, 5.74) is 1.95. The second-order valence-electron chi connectivity index (χ2n) is 5.61. The third-order valence-electron chi connectivity index (χ3n) is 4.00. The molecule has 0 aliphatic carbocycles. The van der Waals surface area contributed by atoms with E-state index in [9.17, 15) is 4.79 Å². The first-order valence-corrected chi connectivity index (χ1v) is 9.38. The number of hydrogen-bond acceptors (Lipinski definition) is 4. The van der Waals surface area contributed by atoms with Crippen LogP contribution in [0, 0.1) is 0 Å². The van der Waals surface area contributed by atoms with Crippen LogP contribution < -0.4 is 4.74 Å². The van der Waals surface area contributed by atoms with Crippen molar-refractivity contribution in [3.8, 4) is 5.75 Å². The Morgan fingerprint density at radius 3 is 2.56 bits per heavy atom. The molecule has 3 nitrogen and oxygen atoms in total. The summed E-state index contributed by atoms with van der Waals surface area (Å²) in [6.45, 7) is 4.52. The van der Waals surface area contributed by atoms with Gasteiger partial charge in [0.25, 0.3) is 5.91 Å². The van der Waals surface area contributed by atoms with E-state index in [0.717, 1.165) is 16.9 Å². The normalized spacial score (nSPS) is 17.2. The average Bonchev–Trinajstić information content (AvgIpc) is 2.90. The van der Waals surface area contributed by atoms with Crippen LogP contribution in [0.3, 0.4) is 0 Å². The standard InChI is InChI=1S/C20H19NO2S2/c1-3-23-17-12-8-7-11-16(17)13-18-19(22)21(20(24)25-18)14(2)15-9-5-4-6-10-15/h4-14H,3H2,1-2H3/b18-13-/t14-/m1/s1. The van der Waals surface area contributed by atoms with Crippen LogP contribution in [-0.2, 0) is 4.79 Å². The fourth-order valence-corrected chi connectivity index (χ4v) is 4.13. The number of ether oxygens (including phenoxy) is 1. The number of hydrogen-bond donors (Lipinski definition) is 0. The Labute approximate surface area is 157 Å². The van der Waals surface area contributed by atoms with Gasteiger partial charge in [-0.3, -0.25) is 9.69 Å². The maximum Gasteiger partial charge on any atom is 0.266 e. The van der Waals surface area contributed by atoms with Crippen molar-refractivity contribution < 1.29 is 9.53 Å². The minimum Gasteiger partial charge on any atom is -0.493 e. The van der Waals surface area contributed by atoms with E-state index in [0.29, 0.717) is 15.8 Å². The van der Waals surface area contributed by atoms with Crippen LogP contribution in [0.25, 0.3) is 6.08 Å². The Hall–Kier alpha value is -2.11. The molecule has 0 radical (unpaired) electrons. The zero-order valence-corrected chi connectivity index (χ0v) is 15.8. The van der Waals surface area contributed by atoms with Crippen LogP contribution in [-0.4, -0.2) is 21.7 Å². The van der Waals surface area contributed by atoms with Crippen molar-refractivity contribution in [2.45, 2.75) is 19.9 Å². The Balaban J connectivity index is 1.89. The topological polar surface area (TPSA) is 29.5 Å². The van der Waals surface area contributed by atoms with Crippen molar-refractivity contribution in [2.24, 2.45) is 0 Å². The molecule has 0 saturated carbocycles. The summed E-state index contributed by atoms with van der Waals surface area (Å²) in [6, 6.07) is 17.5. The fraction of sp³-hybridized carbons (Fsp3) is 0.200. The molecule has 1 amide bonds. The van der Waals surface area contributed by atoms with Crippen molar-refractivity contribution in [3.05, 3.63) is 70.6 Å². The molecule has 2 aromatic rings. The summed E-state index contributed by atoms with van der Waals surface area (Å²) in [6.07, 6.45) is 1.86. The fourth-order valence-electron chi connectivity index (χ4n) is 2.72. The van der Waals surface area contributed by atoms with Crippen molar-refractivity contribution in [2.75, 3.05) is 6.61 Å². The largest absolute Gasteiger partial charge is 0.493 e. The van der Waals surface area contributed by atoms with Crippen molar-refractivity contribution in [1.29, 1.82) is 0 Å². The van der Waals surface area contributed by atoms with Gasteiger partial charge in [0.15, 0.2) is 0 Å². The lowest BCUT2D eigenvalue weighted by Crippen LogP contribution is -2.30. The first kappa shape index (κ1) is 17.7. The SMILES string of the molecule is CCOc1ccccc1/C=C1\SC(=S)N([C@H](C)c2ccccc2)C1=O. The molecule has 128 valence electrons. The molecular weight excluding hydrogens is 350 g/mol. The molecule has 1 fully saturated rings. The first-order chi connectivity index (χ1) is 12.1. The molecule has 1 aliphatic rings. The molecule has 1 heterocycles. The number of benzene rings is 2. The molecule has 0 spiro atoms. The molecule has 3 rings (SSSR count). The van der Waals surface area contributed by atoms with Gasteiger partial charge in [-0.25, -0.2) is 0 Å². The van der Waals surface area contributed by atoms with E-state index in [1.54, 1.807) is 4.90 Å². The van der Waals surface area contributed by atoms with Crippen LogP contribution >= 0.6 is 24.0 Å². The maximum atomic E-state index is 12.9. The lowest BCUT2D eigenvalue weighted by Gasteiger charge is -2.23. The highest BCUT2D eigenvalue weighted by Crippen LogP contribution is 2.38. The van der Waals surface area contributed by atoms with E-state index in [2.05, 4.69) is 0 Å². The second-order valence-corrected chi connectivity index (χ2v) is 7.28. The van der Waals surface area contributed by atoms with Gasteiger partial charge in [-0.1, -0.05) is 72.5 Å². The molecule has 1 saturated heterocycles. The molecule has 0 aromatic heterocycles. The lowest BCUT2D eigenvalue weighted by atomic mass is 10.1. The molecule has 25 heavy (non-hydrogen) atoms. The quantitative estimate of drug-likeness (QED) is 0.545. The van der Waals surface area contributed by atoms with Gasteiger partial charge in [-0.15, -0.1) is 0 Å². The molecule has 5 heteroatoms. The highest BCUT2D eigenvalue weighted by atomic mass is 32.2. The van der Waals surface area contributed by atoms with Crippen LogP contribution in [0.15, 0.2) is 59.5 Å². The predicted molar refractivity (Wildman–Crippen MR) is 107 cm³/mol. The molecule has 0 N–H and O–H groups in total. The van der Waals surface area contributed by atoms with Crippen molar-refractivity contribution in [3.63, 3.8) is 0 Å². The van der Waals surface area contributed by atoms with Gasteiger partial charge in [-0.2, -0.15) is 0 Å². The number of thioether (sulfide) groups is 1. The van der Waals surface area contributed by atoms with E-state index >= 15 is 0 Å². The third kappa shape index (κ3) is 3.78. The number of rotatable bonds is 5. The van der Waals surface area contributed by atoms with Crippen LogP contribution in [0.1, 0.15) is 31.0 Å². The van der Waals surface area contributed by atoms with E-state index in [1.807, 2.05) is 74.5 Å². The summed E-state index contributed by atoms with van der Waals surface area (Å²) in [5, 5.41) is 0. The molecule has 0 unspecified atom stereocenters. The lowest BCUT2D eigenvalue weighted by molar-refractivity contribution is -0.123. The van der Waals surface area contributed by atoms with E-state index in [1.165, 1.54) is 11.8 Å². The predicted octanol–water partition coefficient (Wildman–Crippen LogP) is 5.05. The second kappa shape index (κ2) is 7.85. The van der Waals surface area contributed by atoms with Crippen LogP contribution in [0.4, 0.5) is 0 Å². The highest BCUT2D eigenvalue weighted by molar-refractivity contribution is 8.26. The number of thiocarbonyl (C=S) groups is 1.